The Hall–Kier alpha value is -7.29. The van der Waals surface area contributed by atoms with Crippen molar-refractivity contribution >= 4 is 50.3 Å². The lowest BCUT2D eigenvalue weighted by Gasteiger charge is -2.50. The van der Waals surface area contributed by atoms with Crippen molar-refractivity contribution in [3.8, 4) is 46.5 Å². The number of ether oxygens (including phenoxy) is 1. The number of hydrogen-bond donors (Lipinski definition) is 3. The first-order valence-corrected chi connectivity index (χ1v) is 25.5. The van der Waals surface area contributed by atoms with Crippen LogP contribution < -0.4 is 30.5 Å². The van der Waals surface area contributed by atoms with E-state index in [1.54, 1.807) is 17.8 Å². The van der Waals surface area contributed by atoms with Crippen molar-refractivity contribution in [1.82, 2.24) is 39.6 Å². The summed E-state index contributed by atoms with van der Waals surface area (Å²) in [4.78, 5) is 57.2. The van der Waals surface area contributed by atoms with E-state index in [9.17, 15) is 19.5 Å². The number of phenols is 1. The number of aromatic hydroxyl groups is 1. The summed E-state index contributed by atoms with van der Waals surface area (Å²) in [6.07, 6.45) is 20.7. The van der Waals surface area contributed by atoms with Gasteiger partial charge in [0.25, 0.3) is 0 Å². The summed E-state index contributed by atoms with van der Waals surface area (Å²) in [5, 5.41) is 18.0. The number of aromatic nitrogens is 6. The van der Waals surface area contributed by atoms with Crippen molar-refractivity contribution in [2.75, 3.05) is 44.2 Å². The Kier molecular flexibility index (Phi) is 10.7. The summed E-state index contributed by atoms with van der Waals surface area (Å²) >= 11 is 0. The largest absolute Gasteiger partial charge is 0.508 e. The fraction of sp³-hybridized carbons (Fsp3) is 0.411. The summed E-state index contributed by atoms with van der Waals surface area (Å²) in [5.41, 5.74) is 3.32. The van der Waals surface area contributed by atoms with Crippen molar-refractivity contribution in [1.29, 1.82) is 0 Å². The highest BCUT2D eigenvalue weighted by atomic mass is 19.1. The van der Waals surface area contributed by atoms with E-state index in [0.29, 0.717) is 65.3 Å². The lowest BCUT2D eigenvalue weighted by molar-refractivity contribution is -0.740. The van der Waals surface area contributed by atoms with Gasteiger partial charge in [0.05, 0.1) is 28.6 Å². The summed E-state index contributed by atoms with van der Waals surface area (Å²) in [7, 11) is 1.73. The van der Waals surface area contributed by atoms with Crippen molar-refractivity contribution in [2.45, 2.75) is 88.4 Å². The standard InChI is InChI=1S/C56H54F2N10O5/c1-3-38-42(57)10-7-33-23-37(69)24-40(46(33)38)48-47(58)49-41(27-59-48)51(67-28-34-8-9-35(29-67)60-34)63-53(62-49)73-31-56(15-16-56)30-65-21-17-55(18-22-65)25-36(26-55)66-19-13-32(14-20-66)39-5-4-6-43-50(39)64(2)54(72)68(43)44-11-12-45(70)61-52(44)71/h1,4-7,10,13-14,19-20,23-24,27,34-36,44,60H,8-9,11-12,15-18,21-22,25-26,28-31H2,2H3,(H-,61,69,70,71)/p+1. The number of likely N-dealkylation sites (tertiary alicyclic amines) is 1. The third-order valence-corrected chi connectivity index (χ3v) is 17.1. The number of piperazine rings is 1. The van der Waals surface area contributed by atoms with Crippen LogP contribution in [0, 0.1) is 34.8 Å². The molecule has 3 atom stereocenters. The van der Waals surface area contributed by atoms with E-state index in [-0.39, 0.29) is 69.3 Å². The molecule has 4 aromatic heterocycles. The van der Waals surface area contributed by atoms with Crippen molar-refractivity contribution in [2.24, 2.45) is 17.9 Å². The Morgan fingerprint density at radius 1 is 0.945 bits per heavy atom. The van der Waals surface area contributed by atoms with Gasteiger partial charge < -0.3 is 25.0 Å². The molecule has 3 N–H and O–H groups in total. The number of imidazole rings is 1. The Balaban J connectivity index is 0.688. The minimum atomic E-state index is -0.739. The maximum Gasteiger partial charge on any atom is 0.329 e. The van der Waals surface area contributed by atoms with Crippen LogP contribution in [0.25, 0.3) is 55.1 Å². The third kappa shape index (κ3) is 7.79. The normalized spacial score (nSPS) is 22.5. The van der Waals surface area contributed by atoms with E-state index in [2.05, 4.69) is 60.4 Å². The highest BCUT2D eigenvalue weighted by Gasteiger charge is 2.52. The quantitative estimate of drug-likeness (QED) is 0.0768. The van der Waals surface area contributed by atoms with Crippen LogP contribution in [0.3, 0.4) is 0 Å². The zero-order valence-electron chi connectivity index (χ0n) is 40.5. The molecule has 3 unspecified atom stereocenters. The highest BCUT2D eigenvalue weighted by Crippen LogP contribution is 2.54. The van der Waals surface area contributed by atoms with Crippen LogP contribution in [-0.2, 0) is 16.6 Å². The molecule has 6 aliphatic rings. The van der Waals surface area contributed by atoms with E-state index >= 15 is 8.78 Å². The molecule has 1 spiro atoms. The molecule has 73 heavy (non-hydrogen) atoms. The second-order valence-corrected chi connectivity index (χ2v) is 21.7. The molecule has 7 aromatic rings. The summed E-state index contributed by atoms with van der Waals surface area (Å²) in [6, 6.07) is 15.9. The van der Waals surface area contributed by atoms with Gasteiger partial charge in [0, 0.05) is 98.3 Å². The van der Waals surface area contributed by atoms with Gasteiger partial charge in [-0.05, 0) is 98.7 Å². The fourth-order valence-corrected chi connectivity index (χ4v) is 13.0. The number of aryl methyl sites for hydroxylation is 1. The van der Waals surface area contributed by atoms with Gasteiger partial charge in [0.2, 0.25) is 11.8 Å². The predicted molar refractivity (Wildman–Crippen MR) is 270 cm³/mol. The highest BCUT2D eigenvalue weighted by molar-refractivity contribution is 6.03. The topological polar surface area (TPSA) is 164 Å². The fourth-order valence-electron chi connectivity index (χ4n) is 13.0. The van der Waals surface area contributed by atoms with Gasteiger partial charge in [-0.1, -0.05) is 24.1 Å². The molecule has 2 bridgehead atoms. The van der Waals surface area contributed by atoms with Gasteiger partial charge in [0.15, 0.2) is 24.3 Å². The number of nitrogens with zero attached hydrogens (tertiary/aromatic N) is 8. The Morgan fingerprint density at radius 3 is 2.44 bits per heavy atom. The number of carbonyl (C=O) groups is 2. The lowest BCUT2D eigenvalue weighted by Crippen LogP contribution is -2.55. The number of benzene rings is 3. The number of para-hydroxylation sites is 1. The Bertz CT molecular complexity index is 3540. The van der Waals surface area contributed by atoms with E-state index in [1.165, 1.54) is 28.8 Å². The van der Waals surface area contributed by atoms with Crippen LogP contribution >= 0.6 is 0 Å². The summed E-state index contributed by atoms with van der Waals surface area (Å²) in [5.74, 6) is 0.722. The van der Waals surface area contributed by atoms with Crippen LogP contribution in [0.1, 0.15) is 81.9 Å². The molecule has 4 aliphatic heterocycles. The molecule has 0 radical (unpaired) electrons. The smallest absolute Gasteiger partial charge is 0.329 e. The molecular weight excluding hydrogens is 931 g/mol. The first kappa shape index (κ1) is 45.6. The zero-order chi connectivity index (χ0) is 49.9. The molecule has 2 amide bonds. The van der Waals surface area contributed by atoms with E-state index in [0.717, 1.165) is 87.6 Å². The minimum absolute atomic E-state index is 0.0371. The van der Waals surface area contributed by atoms with Gasteiger partial charge in [0.1, 0.15) is 34.6 Å². The molecular formula is C56H55F2N10O5+. The summed E-state index contributed by atoms with van der Waals surface area (Å²) in [6.45, 7) is 4.73. The molecule has 372 valence electrons. The SMILES string of the molecule is C#Cc1c(F)ccc2cc(O)cc(-c3ncc4c(N5CC6CCC(C5)N6)nc(OCC5(CN6CCC7(CC6)CC([n+]6ccc(-c8cccc9c8n(C)c(=O)n9C8CCC(=O)NC8=O)cc6)C7)CC5)nc4c3F)c12. The van der Waals surface area contributed by atoms with Gasteiger partial charge in [-0.15, -0.1) is 6.42 Å². The van der Waals surface area contributed by atoms with Crippen LogP contribution in [-0.4, -0.2) is 97.3 Å². The van der Waals surface area contributed by atoms with Crippen LogP contribution in [0.4, 0.5) is 14.6 Å². The average Bonchev–Trinajstić information content (AvgIpc) is 4.00. The van der Waals surface area contributed by atoms with Gasteiger partial charge in [-0.2, -0.15) is 9.97 Å². The lowest BCUT2D eigenvalue weighted by atomic mass is 9.60. The molecule has 4 saturated heterocycles. The second kappa shape index (κ2) is 17.2. The molecule has 2 aliphatic carbocycles. The number of fused-ring (bicyclic) bond motifs is 5. The van der Waals surface area contributed by atoms with Crippen LogP contribution in [0.2, 0.25) is 0 Å². The van der Waals surface area contributed by atoms with E-state index in [1.807, 2.05) is 18.2 Å². The first-order chi connectivity index (χ1) is 35.3. The number of terminal acetylenes is 1. The van der Waals surface area contributed by atoms with Crippen molar-refractivity contribution < 1.29 is 32.8 Å². The predicted octanol–water partition coefficient (Wildman–Crippen LogP) is 6.61. The monoisotopic (exact) mass is 985 g/mol. The maximum atomic E-state index is 17.2. The Morgan fingerprint density at radius 2 is 1.71 bits per heavy atom. The molecule has 6 fully saturated rings. The molecule has 15 nitrogen and oxygen atoms in total. The molecule has 17 heteroatoms. The summed E-state index contributed by atoms with van der Waals surface area (Å²) < 4.78 is 44.2. The number of phenolic OH excluding ortho intramolecular Hbond substituents is 1. The number of pyridine rings is 2. The van der Waals surface area contributed by atoms with Crippen LogP contribution in [0.15, 0.2) is 78.0 Å². The van der Waals surface area contributed by atoms with Gasteiger partial charge in [-0.3, -0.25) is 29.0 Å². The first-order valence-electron chi connectivity index (χ1n) is 25.5. The second-order valence-electron chi connectivity index (χ2n) is 21.7. The number of amides is 2. The average molecular weight is 986 g/mol. The maximum absolute atomic E-state index is 17.2. The number of piperidine rings is 2. The van der Waals surface area contributed by atoms with E-state index < -0.39 is 23.6 Å². The number of carbonyl (C=O) groups excluding carboxylic acids is 2. The van der Waals surface area contributed by atoms with Crippen LogP contribution in [0.5, 0.6) is 11.8 Å². The molecule has 13 rings (SSSR count). The van der Waals surface area contributed by atoms with Crippen molar-refractivity contribution in [3.05, 3.63) is 101 Å². The number of nitrogens with one attached hydrogen (secondary N) is 2. The Labute approximate surface area is 419 Å². The third-order valence-electron chi connectivity index (χ3n) is 17.1. The minimum Gasteiger partial charge on any atom is -0.508 e. The molecule has 8 heterocycles. The zero-order valence-corrected chi connectivity index (χ0v) is 40.5. The van der Waals surface area contributed by atoms with E-state index in [4.69, 9.17) is 21.1 Å². The molecule has 3 aromatic carbocycles. The van der Waals surface area contributed by atoms with Gasteiger partial charge >= 0.3 is 11.7 Å². The van der Waals surface area contributed by atoms with Crippen molar-refractivity contribution in [3.63, 3.8) is 0 Å². The van der Waals surface area contributed by atoms with Gasteiger partial charge in [-0.25, -0.2) is 18.1 Å². The number of hydrogen-bond acceptors (Lipinski definition) is 11. The number of halogens is 2. The number of imide groups is 1. The number of anilines is 1. The molecule has 2 saturated carbocycles. The number of rotatable bonds is 10.